The Bertz CT molecular complexity index is 1220. The standard InChI is InChI=1S/C30H32N2O2/c1-21-23(9-6-14-31-21)16-29(34)24-10-11-28-25(15-24)19-32(2)20-26-17-27(33)12-13-30(26,28)18-22-7-4-3-5-8-22/h3-11,14-15,26H,12-13,16-20H2,1-2H3/t26-,30+/m1/s1. The van der Waals surface area contributed by atoms with Crippen molar-refractivity contribution < 1.29 is 9.59 Å². The lowest BCUT2D eigenvalue weighted by atomic mass is 9.59. The maximum absolute atomic E-state index is 13.2. The molecule has 0 unspecified atom stereocenters. The van der Waals surface area contributed by atoms with Crippen LogP contribution in [0.15, 0.2) is 66.9 Å². The van der Waals surface area contributed by atoms with Gasteiger partial charge in [-0.15, -0.1) is 0 Å². The first kappa shape index (κ1) is 22.7. The van der Waals surface area contributed by atoms with Gasteiger partial charge in [0.2, 0.25) is 0 Å². The Morgan fingerprint density at radius 2 is 1.94 bits per heavy atom. The zero-order valence-electron chi connectivity index (χ0n) is 20.1. The Morgan fingerprint density at radius 1 is 1.12 bits per heavy atom. The highest BCUT2D eigenvalue weighted by Crippen LogP contribution is 2.48. The molecule has 1 saturated carbocycles. The number of carbonyl (C=O) groups excluding carboxylic acids is 2. The van der Waals surface area contributed by atoms with Gasteiger partial charge in [0.1, 0.15) is 5.78 Å². The van der Waals surface area contributed by atoms with E-state index < -0.39 is 0 Å². The van der Waals surface area contributed by atoms with Gasteiger partial charge in [0, 0.05) is 55.2 Å². The summed E-state index contributed by atoms with van der Waals surface area (Å²) in [6.45, 7) is 3.64. The first-order valence-electron chi connectivity index (χ1n) is 12.3. The molecular weight excluding hydrogens is 420 g/mol. The third kappa shape index (κ3) is 4.35. The smallest absolute Gasteiger partial charge is 0.167 e. The van der Waals surface area contributed by atoms with E-state index in [1.165, 1.54) is 16.7 Å². The van der Waals surface area contributed by atoms with Crippen molar-refractivity contribution in [2.75, 3.05) is 13.6 Å². The fourth-order valence-electron chi connectivity index (χ4n) is 6.12. The van der Waals surface area contributed by atoms with Gasteiger partial charge in [-0.25, -0.2) is 0 Å². The van der Waals surface area contributed by atoms with E-state index in [1.807, 2.05) is 25.1 Å². The molecule has 2 atom stereocenters. The molecule has 5 rings (SSSR count). The summed E-state index contributed by atoms with van der Waals surface area (Å²) in [4.78, 5) is 32.4. The van der Waals surface area contributed by atoms with Crippen LogP contribution in [0, 0.1) is 12.8 Å². The van der Waals surface area contributed by atoms with Crippen molar-refractivity contribution >= 4 is 11.6 Å². The van der Waals surface area contributed by atoms with Crippen LogP contribution in [-0.2, 0) is 29.6 Å². The molecule has 2 aromatic carbocycles. The summed E-state index contributed by atoms with van der Waals surface area (Å²) in [6, 6.07) is 20.8. The minimum Gasteiger partial charge on any atom is -0.302 e. The first-order valence-corrected chi connectivity index (χ1v) is 12.3. The maximum atomic E-state index is 13.2. The summed E-state index contributed by atoms with van der Waals surface area (Å²) in [5.41, 5.74) is 6.42. The number of carbonyl (C=O) groups is 2. The second-order valence-electron chi connectivity index (χ2n) is 10.2. The molecule has 0 N–H and O–H groups in total. The van der Waals surface area contributed by atoms with Gasteiger partial charge < -0.3 is 4.90 Å². The Labute approximate surface area is 202 Å². The maximum Gasteiger partial charge on any atom is 0.167 e. The summed E-state index contributed by atoms with van der Waals surface area (Å²) in [5, 5.41) is 0. The molecule has 0 radical (unpaired) electrons. The van der Waals surface area contributed by atoms with Gasteiger partial charge in [0.25, 0.3) is 0 Å². The summed E-state index contributed by atoms with van der Waals surface area (Å²) in [5.74, 6) is 0.780. The number of pyridine rings is 1. The van der Waals surface area contributed by atoms with Crippen molar-refractivity contribution in [3.8, 4) is 0 Å². The first-order chi connectivity index (χ1) is 16.4. The molecule has 1 aromatic heterocycles. The van der Waals surface area contributed by atoms with E-state index in [-0.39, 0.29) is 17.1 Å². The van der Waals surface area contributed by atoms with Crippen LogP contribution in [0.1, 0.15) is 57.6 Å². The monoisotopic (exact) mass is 452 g/mol. The summed E-state index contributed by atoms with van der Waals surface area (Å²) >= 11 is 0. The molecule has 4 heteroatoms. The molecular formula is C30H32N2O2. The van der Waals surface area contributed by atoms with Crippen molar-refractivity contribution in [1.29, 1.82) is 0 Å². The zero-order valence-corrected chi connectivity index (χ0v) is 20.1. The van der Waals surface area contributed by atoms with Crippen LogP contribution >= 0.6 is 0 Å². The predicted octanol–water partition coefficient (Wildman–Crippen LogP) is 5.11. The van der Waals surface area contributed by atoms with Crippen LogP contribution < -0.4 is 0 Å². The molecule has 3 aromatic rings. The molecule has 1 fully saturated rings. The summed E-state index contributed by atoms with van der Waals surface area (Å²) in [6.07, 6.45) is 5.19. The molecule has 4 nitrogen and oxygen atoms in total. The number of benzene rings is 2. The number of ketones is 2. The predicted molar refractivity (Wildman–Crippen MR) is 134 cm³/mol. The number of rotatable bonds is 5. The summed E-state index contributed by atoms with van der Waals surface area (Å²) in [7, 11) is 2.13. The molecule has 0 bridgehead atoms. The lowest BCUT2D eigenvalue weighted by molar-refractivity contribution is -0.123. The van der Waals surface area contributed by atoms with Crippen molar-refractivity contribution in [3.63, 3.8) is 0 Å². The average Bonchev–Trinajstić information content (AvgIpc) is 2.94. The van der Waals surface area contributed by atoms with Crippen LogP contribution in [0.25, 0.3) is 0 Å². The highest BCUT2D eigenvalue weighted by Gasteiger charge is 2.47. The third-order valence-electron chi connectivity index (χ3n) is 7.87. The minimum absolute atomic E-state index is 0.0864. The van der Waals surface area contributed by atoms with Gasteiger partial charge in [-0.2, -0.15) is 0 Å². The van der Waals surface area contributed by atoms with E-state index in [2.05, 4.69) is 59.4 Å². The number of aromatic nitrogens is 1. The van der Waals surface area contributed by atoms with E-state index in [0.717, 1.165) is 42.8 Å². The summed E-state index contributed by atoms with van der Waals surface area (Å²) < 4.78 is 0. The van der Waals surface area contributed by atoms with Crippen molar-refractivity contribution in [2.45, 2.75) is 51.0 Å². The third-order valence-corrected chi connectivity index (χ3v) is 7.87. The number of Topliss-reactive ketones (excluding diaryl/α,β-unsaturated/α-hetero) is 2. The van der Waals surface area contributed by atoms with Crippen LogP contribution in [0.2, 0.25) is 0 Å². The fourth-order valence-corrected chi connectivity index (χ4v) is 6.12. The number of aryl methyl sites for hydroxylation is 1. The molecule has 0 saturated heterocycles. The van der Waals surface area contributed by atoms with Gasteiger partial charge in [0.15, 0.2) is 5.78 Å². The Kier molecular flexibility index (Phi) is 6.18. The Hall–Kier alpha value is -3.11. The molecule has 174 valence electrons. The average molecular weight is 453 g/mol. The highest BCUT2D eigenvalue weighted by molar-refractivity contribution is 5.98. The molecule has 0 spiro atoms. The zero-order chi connectivity index (χ0) is 23.7. The van der Waals surface area contributed by atoms with Crippen LogP contribution in [0.4, 0.5) is 0 Å². The largest absolute Gasteiger partial charge is 0.302 e. The molecule has 1 aliphatic carbocycles. The number of fused-ring (bicyclic) bond motifs is 3. The van der Waals surface area contributed by atoms with Gasteiger partial charge in [-0.3, -0.25) is 14.6 Å². The van der Waals surface area contributed by atoms with E-state index in [0.29, 0.717) is 25.0 Å². The van der Waals surface area contributed by atoms with Crippen molar-refractivity contribution in [3.05, 3.63) is 100 Å². The van der Waals surface area contributed by atoms with Gasteiger partial charge in [-0.05, 0) is 67.1 Å². The van der Waals surface area contributed by atoms with Crippen LogP contribution in [-0.4, -0.2) is 35.0 Å². The van der Waals surface area contributed by atoms with Gasteiger partial charge in [-0.1, -0.05) is 48.5 Å². The van der Waals surface area contributed by atoms with E-state index in [1.54, 1.807) is 6.20 Å². The lowest BCUT2D eigenvalue weighted by Crippen LogP contribution is -2.45. The Balaban J connectivity index is 1.55. The highest BCUT2D eigenvalue weighted by atomic mass is 16.1. The molecule has 34 heavy (non-hydrogen) atoms. The van der Waals surface area contributed by atoms with Crippen molar-refractivity contribution in [1.82, 2.24) is 9.88 Å². The molecule has 0 amide bonds. The quantitative estimate of drug-likeness (QED) is 0.505. The van der Waals surface area contributed by atoms with Gasteiger partial charge >= 0.3 is 0 Å². The topological polar surface area (TPSA) is 50.3 Å². The number of hydrogen-bond acceptors (Lipinski definition) is 4. The lowest BCUT2D eigenvalue weighted by Gasteiger charge is -2.44. The van der Waals surface area contributed by atoms with E-state index >= 15 is 0 Å². The van der Waals surface area contributed by atoms with Crippen molar-refractivity contribution in [2.24, 2.45) is 5.92 Å². The van der Waals surface area contributed by atoms with Crippen LogP contribution in [0.3, 0.4) is 0 Å². The van der Waals surface area contributed by atoms with Crippen LogP contribution in [0.5, 0.6) is 0 Å². The normalized spacial score (nSPS) is 22.5. The van der Waals surface area contributed by atoms with E-state index in [4.69, 9.17) is 0 Å². The number of hydrogen-bond donors (Lipinski definition) is 0. The SMILES string of the molecule is Cc1ncccc1CC(=O)c1ccc2c(c1)CN(C)C[C@H]1CC(=O)CC[C@@]21Cc1ccccc1. The molecule has 1 aliphatic heterocycles. The second-order valence-corrected chi connectivity index (χ2v) is 10.2. The Morgan fingerprint density at radius 3 is 2.74 bits per heavy atom. The number of nitrogens with zero attached hydrogens (tertiary/aromatic N) is 2. The second kappa shape index (κ2) is 9.27. The fraction of sp³-hybridized carbons (Fsp3) is 0.367. The minimum atomic E-state index is -0.0864. The van der Waals surface area contributed by atoms with Gasteiger partial charge in [0.05, 0.1) is 0 Å². The van der Waals surface area contributed by atoms with E-state index in [9.17, 15) is 9.59 Å². The molecule has 2 aliphatic rings. The molecule has 2 heterocycles.